The molecule has 2 aromatic heterocycles. The van der Waals surface area contributed by atoms with E-state index in [0.717, 1.165) is 9.79 Å². The minimum absolute atomic E-state index is 0.0337. The van der Waals surface area contributed by atoms with Gasteiger partial charge in [-0.1, -0.05) is 30.0 Å². The Balaban J connectivity index is 1.88. The van der Waals surface area contributed by atoms with Crippen molar-refractivity contribution in [2.45, 2.75) is 16.7 Å². The second-order valence-corrected chi connectivity index (χ2v) is 6.14. The number of carbonyl (C=O) groups is 2. The molecule has 3 rings (SSSR count). The number of hydrogen-bond acceptors (Lipinski definition) is 5. The first kappa shape index (κ1) is 16.1. The molecule has 0 atom stereocenters. The van der Waals surface area contributed by atoms with Gasteiger partial charge < -0.3 is 9.14 Å². The van der Waals surface area contributed by atoms with Gasteiger partial charge in [-0.3, -0.25) is 10.1 Å². The van der Waals surface area contributed by atoms with Gasteiger partial charge in [-0.2, -0.15) is 0 Å². The van der Waals surface area contributed by atoms with E-state index in [2.05, 4.69) is 15.0 Å². The molecule has 2 heterocycles. The summed E-state index contributed by atoms with van der Waals surface area (Å²) in [6, 6.07) is 11.3. The molecular formula is C17H15N3O3S. The van der Waals surface area contributed by atoms with Crippen molar-refractivity contribution in [3.63, 3.8) is 0 Å². The standard InChI is InChI=1S/C17H15N3O3S/c1-11(21)13-5-3-4-6-14(13)24-12-7-8-16-18-15(10-20(16)9-12)19-17(22)23-2/h3-10H,1-2H3,(H,19,22). The van der Waals surface area contributed by atoms with Crippen LogP contribution in [0.4, 0.5) is 10.6 Å². The first-order chi connectivity index (χ1) is 11.6. The molecule has 0 unspecified atom stereocenters. The fourth-order valence-electron chi connectivity index (χ4n) is 2.22. The summed E-state index contributed by atoms with van der Waals surface area (Å²) in [4.78, 5) is 29.1. The number of Topliss-reactive ketones (excluding diaryl/α,β-unsaturated/α-hetero) is 1. The number of imidazole rings is 1. The third-order valence-corrected chi connectivity index (χ3v) is 4.39. The highest BCUT2D eigenvalue weighted by atomic mass is 32.2. The molecule has 3 aromatic rings. The maximum atomic E-state index is 11.7. The number of nitrogens with zero attached hydrogens (tertiary/aromatic N) is 2. The van der Waals surface area contributed by atoms with E-state index in [1.165, 1.54) is 18.9 Å². The Morgan fingerprint density at radius 1 is 1.17 bits per heavy atom. The lowest BCUT2D eigenvalue weighted by molar-refractivity contribution is 0.101. The van der Waals surface area contributed by atoms with E-state index in [0.29, 0.717) is 17.0 Å². The summed E-state index contributed by atoms with van der Waals surface area (Å²) in [7, 11) is 1.30. The van der Waals surface area contributed by atoms with Crippen molar-refractivity contribution >= 4 is 35.1 Å². The second-order valence-electron chi connectivity index (χ2n) is 5.03. The molecule has 1 aromatic carbocycles. The summed E-state index contributed by atoms with van der Waals surface area (Å²) in [6.07, 6.45) is 3.03. The van der Waals surface area contributed by atoms with Crippen molar-refractivity contribution in [1.82, 2.24) is 9.38 Å². The van der Waals surface area contributed by atoms with Gasteiger partial charge >= 0.3 is 6.09 Å². The van der Waals surface area contributed by atoms with Crippen LogP contribution in [0.15, 0.2) is 58.6 Å². The highest BCUT2D eigenvalue weighted by Gasteiger charge is 2.10. The lowest BCUT2D eigenvalue weighted by atomic mass is 10.1. The van der Waals surface area contributed by atoms with Gasteiger partial charge in [0.2, 0.25) is 0 Å². The van der Waals surface area contributed by atoms with Gasteiger partial charge in [0.15, 0.2) is 11.6 Å². The summed E-state index contributed by atoms with van der Waals surface area (Å²) < 4.78 is 6.36. The van der Waals surface area contributed by atoms with Gasteiger partial charge in [-0.25, -0.2) is 9.78 Å². The van der Waals surface area contributed by atoms with Crippen LogP contribution in [0.5, 0.6) is 0 Å². The van der Waals surface area contributed by atoms with Gasteiger partial charge in [-0.15, -0.1) is 0 Å². The van der Waals surface area contributed by atoms with Crippen LogP contribution in [0.25, 0.3) is 5.65 Å². The number of anilines is 1. The summed E-state index contributed by atoms with van der Waals surface area (Å²) in [5.41, 5.74) is 1.40. The minimum Gasteiger partial charge on any atom is -0.453 e. The van der Waals surface area contributed by atoms with Gasteiger partial charge in [0.05, 0.1) is 13.3 Å². The van der Waals surface area contributed by atoms with Crippen LogP contribution in [-0.2, 0) is 4.74 Å². The Labute approximate surface area is 142 Å². The fourth-order valence-corrected chi connectivity index (χ4v) is 3.25. The average Bonchev–Trinajstić information content (AvgIpc) is 2.96. The Morgan fingerprint density at radius 3 is 2.71 bits per heavy atom. The van der Waals surface area contributed by atoms with Crippen LogP contribution in [-0.4, -0.2) is 28.4 Å². The van der Waals surface area contributed by atoms with E-state index >= 15 is 0 Å². The highest BCUT2D eigenvalue weighted by Crippen LogP contribution is 2.31. The minimum atomic E-state index is -0.566. The molecule has 1 N–H and O–H groups in total. The first-order valence-electron chi connectivity index (χ1n) is 7.18. The predicted molar refractivity (Wildman–Crippen MR) is 91.8 cm³/mol. The molecule has 0 aliphatic rings. The van der Waals surface area contributed by atoms with Crippen molar-refractivity contribution in [1.29, 1.82) is 0 Å². The monoisotopic (exact) mass is 341 g/mol. The van der Waals surface area contributed by atoms with Crippen molar-refractivity contribution in [2.24, 2.45) is 0 Å². The molecule has 0 radical (unpaired) electrons. The molecule has 6 nitrogen and oxygen atoms in total. The van der Waals surface area contributed by atoms with Gasteiger partial charge in [-0.05, 0) is 25.1 Å². The molecule has 0 saturated heterocycles. The molecular weight excluding hydrogens is 326 g/mol. The number of nitrogens with one attached hydrogen (secondary N) is 1. The SMILES string of the molecule is COC(=O)Nc1cn2cc(Sc3ccccc3C(C)=O)ccc2n1. The van der Waals surface area contributed by atoms with Gasteiger partial charge in [0.25, 0.3) is 0 Å². The second kappa shape index (κ2) is 6.76. The Hall–Kier alpha value is -2.80. The zero-order valence-corrected chi connectivity index (χ0v) is 14.0. The number of methoxy groups -OCH3 is 1. The maximum Gasteiger partial charge on any atom is 0.412 e. The van der Waals surface area contributed by atoms with E-state index in [9.17, 15) is 9.59 Å². The van der Waals surface area contributed by atoms with Crippen LogP contribution in [0.1, 0.15) is 17.3 Å². The quantitative estimate of drug-likeness (QED) is 0.729. The van der Waals surface area contributed by atoms with Crippen molar-refractivity contribution in [3.05, 3.63) is 54.4 Å². The largest absolute Gasteiger partial charge is 0.453 e. The maximum absolute atomic E-state index is 11.7. The number of carbonyl (C=O) groups excluding carboxylic acids is 2. The number of aromatic nitrogens is 2. The van der Waals surface area contributed by atoms with Gasteiger partial charge in [0.1, 0.15) is 5.65 Å². The van der Waals surface area contributed by atoms with Crippen LogP contribution in [0.2, 0.25) is 0 Å². The van der Waals surface area contributed by atoms with E-state index in [1.54, 1.807) is 13.1 Å². The Kier molecular flexibility index (Phi) is 4.52. The molecule has 24 heavy (non-hydrogen) atoms. The van der Waals surface area contributed by atoms with E-state index in [1.807, 2.05) is 47.0 Å². The van der Waals surface area contributed by atoms with Crippen LogP contribution >= 0.6 is 11.8 Å². The van der Waals surface area contributed by atoms with Crippen molar-refractivity contribution in [2.75, 3.05) is 12.4 Å². The lowest BCUT2D eigenvalue weighted by Crippen LogP contribution is -2.10. The van der Waals surface area contributed by atoms with E-state index in [-0.39, 0.29) is 5.78 Å². The Bertz CT molecular complexity index is 920. The first-order valence-corrected chi connectivity index (χ1v) is 8.00. The third-order valence-electron chi connectivity index (χ3n) is 3.33. The predicted octanol–water partition coefficient (Wildman–Crippen LogP) is 3.87. The number of pyridine rings is 1. The molecule has 1 amide bonds. The van der Waals surface area contributed by atoms with Crippen molar-refractivity contribution in [3.8, 4) is 0 Å². The molecule has 0 bridgehead atoms. The van der Waals surface area contributed by atoms with Crippen LogP contribution in [0.3, 0.4) is 0 Å². The zero-order chi connectivity index (χ0) is 17.1. The van der Waals surface area contributed by atoms with Gasteiger partial charge in [0, 0.05) is 21.6 Å². The summed E-state index contributed by atoms with van der Waals surface area (Å²) in [5, 5.41) is 2.53. The third kappa shape index (κ3) is 3.41. The fraction of sp³-hybridized carbons (Fsp3) is 0.118. The molecule has 0 spiro atoms. The highest BCUT2D eigenvalue weighted by molar-refractivity contribution is 7.99. The van der Waals surface area contributed by atoms with Crippen molar-refractivity contribution < 1.29 is 14.3 Å². The number of ketones is 1. The average molecular weight is 341 g/mol. The summed E-state index contributed by atoms with van der Waals surface area (Å²) in [6.45, 7) is 1.56. The van der Waals surface area contributed by atoms with Crippen LogP contribution < -0.4 is 5.32 Å². The zero-order valence-electron chi connectivity index (χ0n) is 13.1. The molecule has 0 aliphatic carbocycles. The normalized spacial score (nSPS) is 10.6. The molecule has 7 heteroatoms. The van der Waals surface area contributed by atoms with E-state index in [4.69, 9.17) is 0 Å². The molecule has 0 aliphatic heterocycles. The summed E-state index contributed by atoms with van der Waals surface area (Å²) in [5.74, 6) is 0.444. The van der Waals surface area contributed by atoms with E-state index < -0.39 is 6.09 Å². The number of amides is 1. The Morgan fingerprint density at radius 2 is 1.96 bits per heavy atom. The topological polar surface area (TPSA) is 72.7 Å². The smallest absolute Gasteiger partial charge is 0.412 e. The number of rotatable bonds is 4. The number of ether oxygens (including phenoxy) is 1. The number of hydrogen-bond donors (Lipinski definition) is 1. The summed E-state index contributed by atoms with van der Waals surface area (Å²) >= 11 is 1.50. The van der Waals surface area contributed by atoms with Crippen LogP contribution in [0, 0.1) is 0 Å². The molecule has 0 saturated carbocycles. The lowest BCUT2D eigenvalue weighted by Gasteiger charge is -2.06. The number of benzene rings is 1. The number of fused-ring (bicyclic) bond motifs is 1. The molecule has 0 fully saturated rings. The molecule has 122 valence electrons.